The molecule has 2 aliphatic rings. The highest BCUT2D eigenvalue weighted by Crippen LogP contribution is 2.40. The zero-order valence-electron chi connectivity index (χ0n) is 16.0. The minimum atomic E-state index is -0.129. The van der Waals surface area contributed by atoms with E-state index in [4.69, 9.17) is 0 Å². The van der Waals surface area contributed by atoms with Crippen molar-refractivity contribution in [2.75, 3.05) is 0 Å². The van der Waals surface area contributed by atoms with Crippen LogP contribution < -0.4 is 0 Å². The summed E-state index contributed by atoms with van der Waals surface area (Å²) in [6.07, 6.45) is 17.9. The Morgan fingerprint density at radius 2 is 1.23 bits per heavy atom. The molecule has 1 aromatic carbocycles. The Morgan fingerprint density at radius 3 is 1.77 bits per heavy atom. The third-order valence-corrected chi connectivity index (χ3v) is 6.97. The summed E-state index contributed by atoms with van der Waals surface area (Å²) in [7, 11) is 0. The van der Waals surface area contributed by atoms with Crippen molar-refractivity contribution in [3.8, 4) is 0 Å². The van der Waals surface area contributed by atoms with Gasteiger partial charge in [-0.3, -0.25) is 0 Å². The van der Waals surface area contributed by atoms with Crippen molar-refractivity contribution in [2.24, 2.45) is 17.8 Å². The van der Waals surface area contributed by atoms with Gasteiger partial charge in [-0.1, -0.05) is 56.7 Å². The largest absolute Gasteiger partial charge is 0.216 e. The highest BCUT2D eigenvalue weighted by atomic mass is 19.1. The van der Waals surface area contributed by atoms with E-state index in [-0.39, 0.29) is 5.82 Å². The fraction of sp³-hybridized carbons (Fsp3) is 0.667. The first kappa shape index (κ1) is 19.6. The molecule has 0 heterocycles. The van der Waals surface area contributed by atoms with Crippen LogP contribution >= 0.6 is 0 Å². The number of hydrogen-bond donors (Lipinski definition) is 0. The van der Waals surface area contributed by atoms with E-state index in [2.05, 4.69) is 0 Å². The summed E-state index contributed by atoms with van der Waals surface area (Å²) >= 11 is 0. The molecular weight excluding hydrogens is 326 g/mol. The Balaban J connectivity index is 1.31. The van der Waals surface area contributed by atoms with Crippen LogP contribution in [0.1, 0.15) is 88.5 Å². The van der Waals surface area contributed by atoms with Gasteiger partial charge in [0.25, 0.3) is 0 Å². The highest BCUT2D eigenvalue weighted by molar-refractivity contribution is 5.20. The van der Waals surface area contributed by atoms with Crippen LogP contribution in [-0.4, -0.2) is 0 Å². The lowest BCUT2D eigenvalue weighted by Gasteiger charge is -2.32. The van der Waals surface area contributed by atoms with Crippen molar-refractivity contribution >= 4 is 0 Å². The maximum absolute atomic E-state index is 13.1. The maximum Gasteiger partial charge on any atom is 0.123 e. The number of halogens is 2. The molecule has 144 valence electrons. The molecule has 2 heteroatoms. The van der Waals surface area contributed by atoms with Crippen LogP contribution in [0.3, 0.4) is 0 Å². The maximum atomic E-state index is 13.1. The lowest BCUT2D eigenvalue weighted by molar-refractivity contribution is 0.225. The van der Waals surface area contributed by atoms with Gasteiger partial charge in [-0.2, -0.15) is 0 Å². The van der Waals surface area contributed by atoms with Crippen molar-refractivity contribution in [3.05, 3.63) is 48.1 Å². The van der Waals surface area contributed by atoms with Crippen molar-refractivity contribution in [1.82, 2.24) is 0 Å². The second-order valence-corrected chi connectivity index (χ2v) is 8.67. The summed E-state index contributed by atoms with van der Waals surface area (Å²) in [4.78, 5) is 0. The molecule has 2 fully saturated rings. The third-order valence-electron chi connectivity index (χ3n) is 6.97. The molecule has 0 amide bonds. The van der Waals surface area contributed by atoms with Gasteiger partial charge >= 0.3 is 0 Å². The molecule has 0 unspecified atom stereocenters. The quantitative estimate of drug-likeness (QED) is 0.463. The average molecular weight is 361 g/mol. The molecule has 2 saturated carbocycles. The minimum absolute atomic E-state index is 0.129. The second kappa shape index (κ2) is 10.2. The molecule has 26 heavy (non-hydrogen) atoms. The molecule has 0 bridgehead atoms. The molecule has 2 aliphatic carbocycles. The van der Waals surface area contributed by atoms with Crippen LogP contribution in [0.5, 0.6) is 0 Å². The zero-order chi connectivity index (χ0) is 18.2. The van der Waals surface area contributed by atoms with Gasteiger partial charge < -0.3 is 0 Å². The lowest BCUT2D eigenvalue weighted by Crippen LogP contribution is -2.17. The predicted molar refractivity (Wildman–Crippen MR) is 105 cm³/mol. The van der Waals surface area contributed by atoms with E-state index in [1.807, 2.05) is 12.1 Å². The van der Waals surface area contributed by atoms with Gasteiger partial charge in [0.1, 0.15) is 5.82 Å². The Labute approximate surface area is 158 Å². The van der Waals surface area contributed by atoms with Crippen LogP contribution in [0.2, 0.25) is 0 Å². The Bertz CT molecular complexity index is 532. The molecule has 0 radical (unpaired) electrons. The third kappa shape index (κ3) is 5.93. The molecule has 3 rings (SSSR count). The molecular formula is C24H34F2. The van der Waals surface area contributed by atoms with E-state index < -0.39 is 0 Å². The zero-order valence-corrected chi connectivity index (χ0v) is 16.0. The molecule has 0 nitrogen and oxygen atoms in total. The van der Waals surface area contributed by atoms with Crippen molar-refractivity contribution in [2.45, 2.75) is 83.0 Å². The first-order valence-corrected chi connectivity index (χ1v) is 10.7. The molecule has 0 N–H and O–H groups in total. The molecule has 0 aliphatic heterocycles. The number of allylic oxidation sites excluding steroid dienone is 1. The summed E-state index contributed by atoms with van der Waals surface area (Å²) in [5.74, 6) is 3.17. The van der Waals surface area contributed by atoms with Crippen molar-refractivity contribution in [1.29, 1.82) is 0 Å². The molecule has 0 saturated heterocycles. The standard InChI is InChI=1S/C24H34F2/c25-18-2-1-3-19-4-6-20(7-5-19)8-9-21-10-12-22(13-11-21)23-14-16-24(26)17-15-23/h2,14-22H,1,3-13H2/b18-2+/t19-,20-,21-,22-. The van der Waals surface area contributed by atoms with Gasteiger partial charge in [-0.15, -0.1) is 0 Å². The molecule has 0 aromatic heterocycles. The van der Waals surface area contributed by atoms with E-state index >= 15 is 0 Å². The Hall–Kier alpha value is -1.18. The van der Waals surface area contributed by atoms with Gasteiger partial charge in [-0.25, -0.2) is 8.78 Å². The van der Waals surface area contributed by atoms with Crippen LogP contribution in [0.4, 0.5) is 8.78 Å². The first-order valence-electron chi connectivity index (χ1n) is 10.7. The van der Waals surface area contributed by atoms with Gasteiger partial charge in [-0.05, 0) is 79.9 Å². The minimum Gasteiger partial charge on any atom is -0.216 e. The number of rotatable bonds is 7. The van der Waals surface area contributed by atoms with Crippen molar-refractivity contribution in [3.63, 3.8) is 0 Å². The molecule has 0 spiro atoms. The van der Waals surface area contributed by atoms with E-state index in [0.29, 0.717) is 12.2 Å². The lowest BCUT2D eigenvalue weighted by atomic mass is 9.74. The van der Waals surface area contributed by atoms with Crippen molar-refractivity contribution < 1.29 is 8.78 Å². The fourth-order valence-electron chi connectivity index (χ4n) is 5.19. The smallest absolute Gasteiger partial charge is 0.123 e. The van der Waals surface area contributed by atoms with Crippen LogP contribution in [0, 0.1) is 23.6 Å². The van der Waals surface area contributed by atoms with E-state index in [0.717, 1.165) is 24.2 Å². The SMILES string of the molecule is F/C=C/CC[C@H]1CC[C@H](CC[C@H]2CC[C@H](c3ccc(F)cc3)CC2)CC1. The van der Waals surface area contributed by atoms with E-state index in [1.165, 1.54) is 76.2 Å². The van der Waals surface area contributed by atoms with Crippen LogP contribution in [0.15, 0.2) is 36.7 Å². The Kier molecular flexibility index (Phi) is 7.70. The van der Waals surface area contributed by atoms with E-state index in [1.54, 1.807) is 18.2 Å². The van der Waals surface area contributed by atoms with Gasteiger partial charge in [0.15, 0.2) is 0 Å². The summed E-state index contributed by atoms with van der Waals surface area (Å²) in [6.45, 7) is 0. The Morgan fingerprint density at radius 1 is 0.731 bits per heavy atom. The topological polar surface area (TPSA) is 0 Å². The van der Waals surface area contributed by atoms with Crippen LogP contribution in [0.25, 0.3) is 0 Å². The van der Waals surface area contributed by atoms with Crippen LogP contribution in [-0.2, 0) is 0 Å². The summed E-state index contributed by atoms with van der Waals surface area (Å²) in [6, 6.07) is 7.15. The molecule has 0 atom stereocenters. The highest BCUT2D eigenvalue weighted by Gasteiger charge is 2.25. The predicted octanol–water partition coefficient (Wildman–Crippen LogP) is 7.95. The summed E-state index contributed by atoms with van der Waals surface area (Å²) < 4.78 is 25.1. The first-order chi connectivity index (χ1) is 12.7. The average Bonchev–Trinajstić information content (AvgIpc) is 2.69. The van der Waals surface area contributed by atoms with Gasteiger partial charge in [0.05, 0.1) is 6.33 Å². The van der Waals surface area contributed by atoms with E-state index in [9.17, 15) is 8.78 Å². The molecule has 1 aromatic rings. The number of benzene rings is 1. The number of hydrogen-bond acceptors (Lipinski definition) is 0. The monoisotopic (exact) mass is 360 g/mol. The second-order valence-electron chi connectivity index (χ2n) is 8.67. The summed E-state index contributed by atoms with van der Waals surface area (Å²) in [5.41, 5.74) is 1.32. The normalized spacial score (nSPS) is 29.9. The van der Waals surface area contributed by atoms with Gasteiger partial charge in [0, 0.05) is 0 Å². The summed E-state index contributed by atoms with van der Waals surface area (Å²) in [5, 5.41) is 0. The van der Waals surface area contributed by atoms with Gasteiger partial charge in [0.2, 0.25) is 0 Å². The fourth-order valence-corrected chi connectivity index (χ4v) is 5.19.